The molecular formula is C18H16O4. The van der Waals surface area contributed by atoms with E-state index in [0.29, 0.717) is 17.1 Å². The molecule has 2 aromatic carbocycles. The third-order valence-corrected chi connectivity index (χ3v) is 2.98. The fourth-order valence-corrected chi connectivity index (χ4v) is 1.74. The van der Waals surface area contributed by atoms with Crippen LogP contribution in [0.4, 0.5) is 0 Å². The third kappa shape index (κ3) is 3.61. The zero-order valence-corrected chi connectivity index (χ0v) is 12.5. The molecule has 0 saturated heterocycles. The van der Waals surface area contributed by atoms with Crippen LogP contribution in [0.1, 0.15) is 13.8 Å². The van der Waals surface area contributed by atoms with Gasteiger partial charge in [-0.25, -0.2) is 4.79 Å². The van der Waals surface area contributed by atoms with E-state index in [0.717, 1.165) is 10.8 Å². The Morgan fingerprint density at radius 3 is 1.82 bits per heavy atom. The minimum Gasteiger partial charge on any atom is -0.454 e. The molecule has 22 heavy (non-hydrogen) atoms. The number of carbonyl (C=O) groups excluding carboxylic acids is 2. The Morgan fingerprint density at radius 1 is 0.864 bits per heavy atom. The molecule has 2 aromatic rings. The molecule has 0 aliphatic rings. The number of Topliss-reactive ketones (excluding diaryl/α,β-unsaturated/α-hetero) is 1. The second kappa shape index (κ2) is 6.26. The van der Waals surface area contributed by atoms with Crippen molar-refractivity contribution in [3.63, 3.8) is 0 Å². The summed E-state index contributed by atoms with van der Waals surface area (Å²) in [6.07, 6.45) is 0. The van der Waals surface area contributed by atoms with E-state index in [9.17, 15) is 9.59 Å². The molecule has 0 amide bonds. The fraction of sp³-hybridized carbons (Fsp3) is 0.111. The van der Waals surface area contributed by atoms with E-state index in [1.54, 1.807) is 37.3 Å². The van der Waals surface area contributed by atoms with Gasteiger partial charge in [0, 0.05) is 12.5 Å². The van der Waals surface area contributed by atoms with E-state index in [1.807, 2.05) is 6.07 Å². The standard InChI is InChI=1S/C18H16O4/c1-11(2)18(20)22-17-8-6-14-9-16(7-5-15(14)10-17)21-13(4)12(3)19/h5-10H,1,4H2,2-3H3. The highest BCUT2D eigenvalue weighted by molar-refractivity contribution is 5.92. The summed E-state index contributed by atoms with van der Waals surface area (Å²) in [5, 5.41) is 1.77. The molecule has 0 radical (unpaired) electrons. The SMILES string of the molecule is C=C(C)C(=O)Oc1ccc2cc(OC(=C)C(C)=O)ccc2c1. The Bertz CT molecular complexity index is 720. The first kappa shape index (κ1) is 15.5. The number of carbonyl (C=O) groups is 2. The number of esters is 1. The van der Waals surface area contributed by atoms with Gasteiger partial charge in [0.25, 0.3) is 0 Å². The molecule has 0 heterocycles. The van der Waals surface area contributed by atoms with Gasteiger partial charge in [-0.15, -0.1) is 0 Å². The molecule has 0 N–H and O–H groups in total. The molecule has 0 aromatic heterocycles. The van der Waals surface area contributed by atoms with Crippen molar-refractivity contribution in [1.29, 1.82) is 0 Å². The van der Waals surface area contributed by atoms with E-state index >= 15 is 0 Å². The number of ketones is 1. The van der Waals surface area contributed by atoms with Crippen molar-refractivity contribution in [2.45, 2.75) is 13.8 Å². The zero-order chi connectivity index (χ0) is 16.3. The zero-order valence-electron chi connectivity index (χ0n) is 12.5. The van der Waals surface area contributed by atoms with Gasteiger partial charge in [-0.05, 0) is 42.0 Å². The van der Waals surface area contributed by atoms with Crippen LogP contribution in [0.2, 0.25) is 0 Å². The van der Waals surface area contributed by atoms with E-state index < -0.39 is 5.97 Å². The Morgan fingerprint density at radius 2 is 1.36 bits per heavy atom. The van der Waals surface area contributed by atoms with Gasteiger partial charge in [0.15, 0.2) is 11.5 Å². The maximum atomic E-state index is 11.5. The number of hydrogen-bond donors (Lipinski definition) is 0. The van der Waals surface area contributed by atoms with Crippen molar-refractivity contribution < 1.29 is 19.1 Å². The van der Waals surface area contributed by atoms with Crippen LogP contribution in [0, 0.1) is 0 Å². The van der Waals surface area contributed by atoms with Crippen LogP contribution in [-0.2, 0) is 9.59 Å². The van der Waals surface area contributed by atoms with Crippen LogP contribution in [0.25, 0.3) is 10.8 Å². The van der Waals surface area contributed by atoms with Gasteiger partial charge in [0.05, 0.1) is 0 Å². The largest absolute Gasteiger partial charge is 0.454 e. The Labute approximate surface area is 128 Å². The lowest BCUT2D eigenvalue weighted by molar-refractivity contribution is -0.130. The molecular weight excluding hydrogens is 280 g/mol. The third-order valence-electron chi connectivity index (χ3n) is 2.98. The average Bonchev–Trinajstić information content (AvgIpc) is 2.47. The predicted octanol–water partition coefficient (Wildman–Crippen LogP) is 3.80. The molecule has 0 spiro atoms. The van der Waals surface area contributed by atoms with Gasteiger partial charge >= 0.3 is 5.97 Å². The number of ether oxygens (including phenoxy) is 2. The number of hydrogen-bond acceptors (Lipinski definition) is 4. The van der Waals surface area contributed by atoms with Gasteiger partial charge in [-0.2, -0.15) is 0 Å². The number of allylic oxidation sites excluding steroid dienone is 1. The molecule has 0 saturated carbocycles. The second-order valence-corrected chi connectivity index (χ2v) is 4.92. The van der Waals surface area contributed by atoms with E-state index in [4.69, 9.17) is 9.47 Å². The van der Waals surface area contributed by atoms with Crippen LogP contribution in [-0.4, -0.2) is 11.8 Å². The number of fused-ring (bicyclic) bond motifs is 1. The van der Waals surface area contributed by atoms with Crippen molar-refractivity contribution in [2.75, 3.05) is 0 Å². The van der Waals surface area contributed by atoms with Crippen molar-refractivity contribution in [1.82, 2.24) is 0 Å². The first-order chi connectivity index (χ1) is 10.4. The maximum Gasteiger partial charge on any atom is 0.338 e. The fourth-order valence-electron chi connectivity index (χ4n) is 1.74. The van der Waals surface area contributed by atoms with Crippen LogP contribution < -0.4 is 9.47 Å². The Hall–Kier alpha value is -2.88. The Balaban J connectivity index is 2.25. The molecule has 112 valence electrons. The molecule has 4 heteroatoms. The molecule has 2 rings (SSSR count). The lowest BCUT2D eigenvalue weighted by atomic mass is 10.1. The average molecular weight is 296 g/mol. The lowest BCUT2D eigenvalue weighted by Gasteiger charge is -2.08. The highest BCUT2D eigenvalue weighted by Crippen LogP contribution is 2.26. The minimum atomic E-state index is -0.461. The predicted molar refractivity (Wildman–Crippen MR) is 84.8 cm³/mol. The first-order valence-corrected chi connectivity index (χ1v) is 6.66. The van der Waals surface area contributed by atoms with E-state index in [-0.39, 0.29) is 11.5 Å². The molecule has 0 unspecified atom stereocenters. The monoisotopic (exact) mass is 296 g/mol. The highest BCUT2D eigenvalue weighted by Gasteiger charge is 2.07. The van der Waals surface area contributed by atoms with Crippen LogP contribution in [0.5, 0.6) is 11.5 Å². The van der Waals surface area contributed by atoms with Crippen molar-refractivity contribution >= 4 is 22.5 Å². The lowest BCUT2D eigenvalue weighted by Crippen LogP contribution is -2.07. The molecule has 4 nitrogen and oxygen atoms in total. The maximum absolute atomic E-state index is 11.5. The topological polar surface area (TPSA) is 52.6 Å². The molecule has 0 aliphatic carbocycles. The van der Waals surface area contributed by atoms with Crippen LogP contribution in [0.15, 0.2) is 60.9 Å². The van der Waals surface area contributed by atoms with Crippen LogP contribution in [0.3, 0.4) is 0 Å². The summed E-state index contributed by atoms with van der Waals surface area (Å²) in [5.41, 5.74) is 0.339. The summed E-state index contributed by atoms with van der Waals surface area (Å²) in [5.74, 6) is 0.382. The molecule has 0 atom stereocenters. The highest BCUT2D eigenvalue weighted by atomic mass is 16.5. The summed E-state index contributed by atoms with van der Waals surface area (Å²) in [6.45, 7) is 10.1. The van der Waals surface area contributed by atoms with Crippen molar-refractivity contribution in [3.8, 4) is 11.5 Å². The van der Waals surface area contributed by atoms with Gasteiger partial charge in [-0.1, -0.05) is 25.3 Å². The second-order valence-electron chi connectivity index (χ2n) is 4.92. The molecule has 0 aliphatic heterocycles. The first-order valence-electron chi connectivity index (χ1n) is 6.66. The normalized spacial score (nSPS) is 10.1. The van der Waals surface area contributed by atoms with E-state index in [1.165, 1.54) is 6.92 Å². The van der Waals surface area contributed by atoms with Crippen LogP contribution >= 0.6 is 0 Å². The molecule has 0 fully saturated rings. The molecule has 0 bridgehead atoms. The van der Waals surface area contributed by atoms with Crippen molar-refractivity contribution in [2.24, 2.45) is 0 Å². The smallest absolute Gasteiger partial charge is 0.338 e. The number of rotatable bonds is 5. The quantitative estimate of drug-likeness (QED) is 0.364. The summed E-state index contributed by atoms with van der Waals surface area (Å²) < 4.78 is 10.6. The number of benzene rings is 2. The van der Waals surface area contributed by atoms with Gasteiger partial charge < -0.3 is 9.47 Å². The summed E-state index contributed by atoms with van der Waals surface area (Å²) in [6, 6.07) is 10.6. The van der Waals surface area contributed by atoms with Gasteiger partial charge in [0.1, 0.15) is 11.5 Å². The van der Waals surface area contributed by atoms with Gasteiger partial charge in [-0.3, -0.25) is 4.79 Å². The van der Waals surface area contributed by atoms with Crippen molar-refractivity contribution in [3.05, 3.63) is 60.9 Å². The summed E-state index contributed by atoms with van der Waals surface area (Å²) >= 11 is 0. The van der Waals surface area contributed by atoms with E-state index in [2.05, 4.69) is 13.2 Å². The van der Waals surface area contributed by atoms with Gasteiger partial charge in [0.2, 0.25) is 0 Å². The summed E-state index contributed by atoms with van der Waals surface area (Å²) in [7, 11) is 0. The minimum absolute atomic E-state index is 0.0892. The Kier molecular flexibility index (Phi) is 4.41. The summed E-state index contributed by atoms with van der Waals surface area (Å²) in [4.78, 5) is 22.6.